The first-order valence-electron chi connectivity index (χ1n) is 12.0. The lowest BCUT2D eigenvalue weighted by molar-refractivity contribution is -0.172. The Morgan fingerprint density at radius 2 is 1.74 bits per heavy atom. The maximum Gasteiger partial charge on any atom is 0.306 e. The first kappa shape index (κ1) is 25.4. The van der Waals surface area contributed by atoms with E-state index in [1.165, 1.54) is 0 Å². The number of hydrogen-bond donors (Lipinski definition) is 5. The number of Topliss-reactive ketones (excluding diaryl/α,β-unsaturated/α-hetero) is 1. The maximum absolute atomic E-state index is 13.1. The van der Waals surface area contributed by atoms with Crippen molar-refractivity contribution < 1.29 is 39.6 Å². The smallest absolute Gasteiger partial charge is 0.306 e. The molecule has 0 aliphatic heterocycles. The van der Waals surface area contributed by atoms with Gasteiger partial charge in [0.25, 0.3) is 0 Å². The zero-order valence-corrected chi connectivity index (χ0v) is 20.5. The fourth-order valence-corrected chi connectivity index (χ4v) is 8.86. The van der Waals surface area contributed by atoms with Crippen LogP contribution >= 0.6 is 12.6 Å². The average Bonchev–Trinajstić information content (AvgIpc) is 2.99. The molecule has 4 rings (SSSR count). The van der Waals surface area contributed by atoms with Crippen molar-refractivity contribution in [1.82, 2.24) is 0 Å². The van der Waals surface area contributed by atoms with E-state index in [-0.39, 0.29) is 42.8 Å². The first-order chi connectivity index (χ1) is 15.7. The summed E-state index contributed by atoms with van der Waals surface area (Å²) in [6, 6.07) is 0. The summed E-state index contributed by atoms with van der Waals surface area (Å²) in [6.45, 7) is 3.90. The molecule has 0 amide bonds. The molecule has 8 nitrogen and oxygen atoms in total. The van der Waals surface area contributed by atoms with Gasteiger partial charge in [-0.3, -0.25) is 19.2 Å². The Morgan fingerprint density at radius 1 is 1.09 bits per heavy atom. The van der Waals surface area contributed by atoms with E-state index in [2.05, 4.69) is 0 Å². The molecule has 0 spiro atoms. The molecule has 4 N–H and O–H groups in total. The van der Waals surface area contributed by atoms with E-state index in [1.807, 2.05) is 13.8 Å². The second-order valence-corrected chi connectivity index (χ2v) is 12.2. The number of rotatable bonds is 6. The van der Waals surface area contributed by atoms with Crippen LogP contribution in [0, 0.1) is 28.6 Å². The zero-order valence-electron chi connectivity index (χ0n) is 19.6. The van der Waals surface area contributed by atoms with Crippen LogP contribution in [0.3, 0.4) is 0 Å². The summed E-state index contributed by atoms with van der Waals surface area (Å²) in [5, 5.41) is 40.5. The highest BCUT2D eigenvalue weighted by molar-refractivity contribution is 7.82. The van der Waals surface area contributed by atoms with Crippen LogP contribution < -0.4 is 0 Å². The number of hydrogen-bond acceptors (Lipinski definition) is 7. The van der Waals surface area contributed by atoms with Crippen molar-refractivity contribution in [2.75, 3.05) is 0 Å². The van der Waals surface area contributed by atoms with Gasteiger partial charge >= 0.3 is 11.9 Å². The number of fused-ring (bicyclic) bond motifs is 5. The topological polar surface area (TPSA) is 149 Å². The lowest BCUT2D eigenvalue weighted by Gasteiger charge is -2.63. The summed E-state index contributed by atoms with van der Waals surface area (Å²) in [4.78, 5) is 48.4. The molecule has 34 heavy (non-hydrogen) atoms. The molecule has 188 valence electrons. The largest absolute Gasteiger partial charge is 0.481 e. The van der Waals surface area contributed by atoms with Crippen LogP contribution in [0.5, 0.6) is 0 Å². The molecule has 9 heteroatoms. The van der Waals surface area contributed by atoms with Crippen LogP contribution in [0.1, 0.15) is 71.6 Å². The molecule has 3 fully saturated rings. The number of allylic oxidation sites excluding steroid dienone is 1. The third kappa shape index (κ3) is 3.41. The second-order valence-electron chi connectivity index (χ2n) is 11.4. The van der Waals surface area contributed by atoms with Gasteiger partial charge in [-0.25, -0.2) is 0 Å². The SMILES string of the molecule is C[C@@]12C(=CC(=O)CC1(S)CC(=O)O)CC[C@@H]1[C@@H]2CC[C@@]2(C)[C@H]1CC[C@]2(O)C(=O)C(O)CC(=O)O. The number of aliphatic hydroxyl groups excluding tert-OH is 1. The average molecular weight is 495 g/mol. The Balaban J connectivity index is 1.70. The number of aliphatic carboxylic acids is 2. The van der Waals surface area contributed by atoms with Gasteiger partial charge < -0.3 is 20.4 Å². The summed E-state index contributed by atoms with van der Waals surface area (Å²) in [5.41, 5.74) is -2.29. The third-order valence-electron chi connectivity index (χ3n) is 10.0. The Kier molecular flexibility index (Phi) is 6.10. The number of carboxylic acids is 2. The molecule has 0 bridgehead atoms. The first-order valence-corrected chi connectivity index (χ1v) is 12.5. The van der Waals surface area contributed by atoms with Gasteiger partial charge in [-0.1, -0.05) is 19.4 Å². The molecular formula is C25H34O8S. The minimum absolute atomic E-state index is 0.0388. The predicted molar refractivity (Wildman–Crippen MR) is 124 cm³/mol. The van der Waals surface area contributed by atoms with Gasteiger partial charge in [0.15, 0.2) is 11.6 Å². The molecule has 4 aliphatic carbocycles. The highest BCUT2D eigenvalue weighted by Gasteiger charge is 2.69. The Morgan fingerprint density at radius 3 is 2.35 bits per heavy atom. The van der Waals surface area contributed by atoms with Crippen molar-refractivity contribution in [3.63, 3.8) is 0 Å². The monoisotopic (exact) mass is 494 g/mol. The van der Waals surface area contributed by atoms with Gasteiger partial charge in [0.2, 0.25) is 0 Å². The van der Waals surface area contributed by atoms with Crippen molar-refractivity contribution in [3.05, 3.63) is 11.6 Å². The molecule has 0 saturated heterocycles. The van der Waals surface area contributed by atoms with Crippen LogP contribution in [-0.4, -0.2) is 60.4 Å². The lowest BCUT2D eigenvalue weighted by Crippen LogP contribution is -2.62. The van der Waals surface area contributed by atoms with Crippen molar-refractivity contribution >= 4 is 36.1 Å². The van der Waals surface area contributed by atoms with Gasteiger partial charge in [0, 0.05) is 22.0 Å². The summed E-state index contributed by atoms with van der Waals surface area (Å²) >= 11 is 4.88. The van der Waals surface area contributed by atoms with Gasteiger partial charge in [-0.15, -0.1) is 0 Å². The standard InChI is InChI=1S/C25H34O8S/c1-22-7-5-17-15(16(22)6-8-25(22,33)21(32)18(27)10-19(28)29)4-3-13-9-14(26)11-24(34,12-20(30)31)23(13,17)2/h9,15-18,27,33-34H,3-8,10-12H2,1-2H3,(H,28,29)(H,30,31)/t15-,16-,17-,18?,22-,23-,24?,25-/m0/s1. The van der Waals surface area contributed by atoms with Crippen LogP contribution in [0.2, 0.25) is 0 Å². The van der Waals surface area contributed by atoms with Crippen molar-refractivity contribution in [1.29, 1.82) is 0 Å². The molecule has 8 atom stereocenters. The summed E-state index contributed by atoms with van der Waals surface area (Å²) in [6.07, 6.45) is 2.20. The van der Waals surface area contributed by atoms with Crippen molar-refractivity contribution in [2.24, 2.45) is 28.6 Å². The van der Waals surface area contributed by atoms with E-state index in [0.29, 0.717) is 25.7 Å². The number of carbonyl (C=O) groups is 4. The molecule has 0 radical (unpaired) electrons. The minimum Gasteiger partial charge on any atom is -0.481 e. The Bertz CT molecular complexity index is 976. The molecular weight excluding hydrogens is 460 g/mol. The fraction of sp³-hybridized carbons (Fsp3) is 0.760. The van der Waals surface area contributed by atoms with Crippen molar-refractivity contribution in [3.8, 4) is 0 Å². The van der Waals surface area contributed by atoms with E-state index in [4.69, 9.17) is 17.7 Å². The number of aliphatic hydroxyl groups is 2. The maximum atomic E-state index is 13.1. The summed E-state index contributed by atoms with van der Waals surface area (Å²) < 4.78 is -1.03. The molecule has 0 aromatic carbocycles. The van der Waals surface area contributed by atoms with E-state index < -0.39 is 51.4 Å². The van der Waals surface area contributed by atoms with Crippen LogP contribution in [0.15, 0.2) is 11.6 Å². The van der Waals surface area contributed by atoms with Gasteiger partial charge in [0.1, 0.15) is 11.7 Å². The van der Waals surface area contributed by atoms with Crippen molar-refractivity contribution in [2.45, 2.75) is 88.1 Å². The van der Waals surface area contributed by atoms with Gasteiger partial charge in [-0.2, -0.15) is 12.6 Å². The summed E-state index contributed by atoms with van der Waals surface area (Å²) in [7, 11) is 0. The Hall–Kier alpha value is -1.71. The second kappa shape index (κ2) is 8.17. The fourth-order valence-electron chi connectivity index (χ4n) is 8.26. The molecule has 4 aliphatic rings. The third-order valence-corrected chi connectivity index (χ3v) is 10.8. The highest BCUT2D eigenvalue weighted by atomic mass is 32.1. The van der Waals surface area contributed by atoms with Crippen LogP contribution in [0.4, 0.5) is 0 Å². The van der Waals surface area contributed by atoms with Gasteiger partial charge in [0.05, 0.1) is 12.8 Å². The lowest BCUT2D eigenvalue weighted by atomic mass is 9.43. The minimum atomic E-state index is -1.81. The van der Waals surface area contributed by atoms with Crippen LogP contribution in [-0.2, 0) is 19.2 Å². The number of carbonyl (C=O) groups excluding carboxylic acids is 2. The van der Waals surface area contributed by atoms with E-state index in [9.17, 15) is 34.5 Å². The van der Waals surface area contributed by atoms with Gasteiger partial charge in [-0.05, 0) is 62.4 Å². The molecule has 3 saturated carbocycles. The van der Waals surface area contributed by atoms with Crippen LogP contribution in [0.25, 0.3) is 0 Å². The Labute approximate surface area is 204 Å². The number of carboxylic acid groups (broad SMARTS) is 2. The van der Waals surface area contributed by atoms with E-state index in [0.717, 1.165) is 12.0 Å². The van der Waals surface area contributed by atoms with E-state index in [1.54, 1.807) is 6.08 Å². The normalized spacial score (nSPS) is 44.3. The molecule has 0 heterocycles. The summed E-state index contributed by atoms with van der Waals surface area (Å²) in [5.74, 6) is -3.14. The van der Waals surface area contributed by atoms with E-state index >= 15 is 0 Å². The number of ketones is 2. The quantitative estimate of drug-likeness (QED) is 0.353. The number of thiol groups is 1. The molecule has 2 unspecified atom stereocenters. The highest BCUT2D eigenvalue weighted by Crippen LogP contribution is 2.70. The zero-order chi connectivity index (χ0) is 25.3. The molecule has 0 aromatic heterocycles. The predicted octanol–water partition coefficient (Wildman–Crippen LogP) is 2.41. The molecule has 0 aromatic rings.